The Hall–Kier alpha value is -8.60. The molecule has 10 aromatic carbocycles. The van der Waals surface area contributed by atoms with E-state index in [-0.39, 0.29) is 0 Å². The highest BCUT2D eigenvalue weighted by Gasteiger charge is 2.50. The molecule has 13 rings (SSSR count). The van der Waals surface area contributed by atoms with Crippen LogP contribution in [0.5, 0.6) is 0 Å². The molecule has 4 nitrogen and oxygen atoms in total. The van der Waals surface area contributed by atoms with Crippen LogP contribution in [0.3, 0.4) is 0 Å². The third kappa shape index (κ3) is 7.71. The Balaban J connectivity index is 1.22. The first-order valence-corrected chi connectivity index (χ1v) is 27.6. The quantitative estimate of drug-likeness (QED) is 0.122. The monoisotopic (exact) mass is 1000 g/mol. The van der Waals surface area contributed by atoms with Crippen LogP contribution in [0.25, 0.3) is 55.0 Å². The lowest BCUT2D eigenvalue weighted by Gasteiger charge is -2.36. The van der Waals surface area contributed by atoms with Gasteiger partial charge in [-0.2, -0.15) is 0 Å². The van der Waals surface area contributed by atoms with E-state index < -0.39 is 5.41 Å². The summed E-state index contributed by atoms with van der Waals surface area (Å²) in [5.41, 5.74) is 20.8. The van der Waals surface area contributed by atoms with Gasteiger partial charge in [-0.25, -0.2) is 0 Å². The van der Waals surface area contributed by atoms with Crippen LogP contribution in [0.4, 0.5) is 34.1 Å². The number of anilines is 6. The molecule has 77 heavy (non-hydrogen) atoms. The van der Waals surface area contributed by atoms with Crippen LogP contribution in [-0.4, -0.2) is 0 Å². The third-order valence-electron chi connectivity index (χ3n) is 16.5. The highest BCUT2D eigenvalue weighted by molar-refractivity contribution is 6.26. The number of para-hydroxylation sites is 2. The summed E-state index contributed by atoms with van der Waals surface area (Å²) in [7, 11) is 0. The summed E-state index contributed by atoms with van der Waals surface area (Å²) in [5.74, 6) is 1.54. The van der Waals surface area contributed by atoms with E-state index in [0.29, 0.717) is 23.7 Å². The number of hydrogen-bond donors (Lipinski definition) is 0. The largest absolute Gasteiger partial charge is 0.455 e. The van der Waals surface area contributed by atoms with Crippen molar-refractivity contribution in [3.63, 3.8) is 0 Å². The molecule has 0 unspecified atom stereocenters. The molecule has 0 spiro atoms. The van der Waals surface area contributed by atoms with E-state index in [2.05, 4.69) is 284 Å². The van der Waals surface area contributed by atoms with Crippen LogP contribution >= 0.6 is 0 Å². The number of rotatable bonds is 12. The highest BCUT2D eigenvalue weighted by Crippen LogP contribution is 2.64. The Bertz CT molecular complexity index is 3980. The zero-order valence-electron chi connectivity index (χ0n) is 45.3. The Labute approximate surface area is 452 Å². The molecule has 0 saturated carbocycles. The van der Waals surface area contributed by atoms with Gasteiger partial charge in [0.1, 0.15) is 16.7 Å². The molecule has 1 aliphatic rings. The predicted molar refractivity (Wildman–Crippen MR) is 324 cm³/mol. The molecule has 0 fully saturated rings. The lowest BCUT2D eigenvalue weighted by atomic mass is 9.67. The second-order valence-electron chi connectivity index (χ2n) is 22.4. The maximum atomic E-state index is 7.53. The standard InChI is InChI=1S/C73H64N2O2/c1-45(2)49-27-35-55(36-28-49)74(56-37-29-50(30-38-56)46(3)4)63-43-62-70(72-67(63)59-23-15-17-25-65(59)77-72)69-61(73(62,53-19-11-9-12-20-53)54-21-13-10-14-22-54)44-64(71-68(69)60-24-16-18-26-66(60)76-71)75(57-39-31-51(32-40-57)47(5)6)58-41-33-52(34-42-58)48(7)8/h9-48H,1-8H3. The molecule has 0 amide bonds. The third-order valence-corrected chi connectivity index (χ3v) is 16.5. The average molecular weight is 1000 g/mol. The second-order valence-corrected chi connectivity index (χ2v) is 22.4. The fourth-order valence-corrected chi connectivity index (χ4v) is 12.4. The second kappa shape index (κ2) is 18.9. The van der Waals surface area contributed by atoms with Crippen LogP contribution in [0, 0.1) is 0 Å². The average Bonchev–Trinajstić information content (AvgIpc) is 4.28. The van der Waals surface area contributed by atoms with Crippen molar-refractivity contribution < 1.29 is 8.83 Å². The van der Waals surface area contributed by atoms with Gasteiger partial charge in [-0.3, -0.25) is 0 Å². The zero-order chi connectivity index (χ0) is 52.7. The number of fused-ring (bicyclic) bond motifs is 11. The van der Waals surface area contributed by atoms with Gasteiger partial charge in [0.15, 0.2) is 5.58 Å². The summed E-state index contributed by atoms with van der Waals surface area (Å²) >= 11 is 0. The molecule has 378 valence electrons. The highest BCUT2D eigenvalue weighted by atomic mass is 16.3. The number of hydrogen-bond acceptors (Lipinski definition) is 4. The summed E-state index contributed by atoms with van der Waals surface area (Å²) in [6.07, 6.45) is 0. The summed E-state index contributed by atoms with van der Waals surface area (Å²) in [5, 5.41) is 4.24. The van der Waals surface area contributed by atoms with E-state index in [9.17, 15) is 0 Å². The first-order valence-electron chi connectivity index (χ1n) is 27.6. The van der Waals surface area contributed by atoms with Gasteiger partial charge in [0.05, 0.1) is 22.2 Å². The number of furan rings is 2. The minimum atomic E-state index is -0.861. The van der Waals surface area contributed by atoms with E-state index in [0.717, 1.165) is 111 Å². The molecule has 0 aliphatic heterocycles. The van der Waals surface area contributed by atoms with Gasteiger partial charge in [-0.05, 0) is 141 Å². The topological polar surface area (TPSA) is 32.8 Å². The van der Waals surface area contributed by atoms with Gasteiger partial charge in [0.2, 0.25) is 0 Å². The Morgan fingerprint density at radius 2 is 0.662 bits per heavy atom. The predicted octanol–water partition coefficient (Wildman–Crippen LogP) is 21.3. The maximum Gasteiger partial charge on any atom is 0.160 e. The van der Waals surface area contributed by atoms with Gasteiger partial charge in [0, 0.05) is 50.0 Å². The first-order chi connectivity index (χ1) is 37.5. The van der Waals surface area contributed by atoms with Crippen LogP contribution < -0.4 is 9.80 Å². The Morgan fingerprint density at radius 3 is 1.08 bits per heavy atom. The molecular weight excluding hydrogens is 937 g/mol. The smallest absolute Gasteiger partial charge is 0.160 e. The van der Waals surface area contributed by atoms with Gasteiger partial charge >= 0.3 is 0 Å². The molecule has 0 N–H and O–H groups in total. The summed E-state index contributed by atoms with van der Waals surface area (Å²) in [6.45, 7) is 18.1. The van der Waals surface area contributed by atoms with Crippen LogP contribution in [0.1, 0.15) is 124 Å². The molecule has 0 bridgehead atoms. The molecule has 0 saturated heterocycles. The maximum absolute atomic E-state index is 7.53. The van der Waals surface area contributed by atoms with Crippen molar-refractivity contribution in [3.8, 4) is 11.1 Å². The van der Waals surface area contributed by atoms with Crippen molar-refractivity contribution in [1.82, 2.24) is 0 Å². The van der Waals surface area contributed by atoms with Crippen molar-refractivity contribution in [2.45, 2.75) is 84.5 Å². The van der Waals surface area contributed by atoms with Crippen LogP contribution in [0.2, 0.25) is 0 Å². The van der Waals surface area contributed by atoms with Crippen molar-refractivity contribution in [1.29, 1.82) is 0 Å². The van der Waals surface area contributed by atoms with Crippen molar-refractivity contribution in [3.05, 3.63) is 263 Å². The van der Waals surface area contributed by atoms with E-state index in [4.69, 9.17) is 8.83 Å². The summed E-state index contributed by atoms with van der Waals surface area (Å²) < 4.78 is 14.9. The zero-order valence-corrected chi connectivity index (χ0v) is 45.3. The lowest BCUT2D eigenvalue weighted by molar-refractivity contribution is 0.668. The van der Waals surface area contributed by atoms with Crippen molar-refractivity contribution in [2.24, 2.45) is 0 Å². The number of nitrogens with zero attached hydrogens (tertiary/aromatic N) is 2. The minimum absolute atomic E-state index is 0.385. The van der Waals surface area contributed by atoms with E-state index in [1.54, 1.807) is 0 Å². The lowest BCUT2D eigenvalue weighted by Crippen LogP contribution is -2.29. The molecule has 4 heteroatoms. The van der Waals surface area contributed by atoms with Crippen molar-refractivity contribution >= 4 is 78.0 Å². The molecular formula is C73H64N2O2. The van der Waals surface area contributed by atoms with Gasteiger partial charge in [0.25, 0.3) is 0 Å². The normalized spacial score (nSPS) is 13.0. The van der Waals surface area contributed by atoms with E-state index in [1.165, 1.54) is 22.3 Å². The molecule has 2 heterocycles. The summed E-state index contributed by atoms with van der Waals surface area (Å²) in [4.78, 5) is 4.90. The van der Waals surface area contributed by atoms with E-state index >= 15 is 0 Å². The Kier molecular flexibility index (Phi) is 11.8. The minimum Gasteiger partial charge on any atom is -0.455 e. The Morgan fingerprint density at radius 1 is 0.325 bits per heavy atom. The van der Waals surface area contributed by atoms with Crippen molar-refractivity contribution in [2.75, 3.05) is 9.80 Å². The molecule has 0 radical (unpaired) electrons. The SMILES string of the molecule is CC(C)c1ccc(N(c2ccc(C(C)C)cc2)c2cc3c(c4c2oc2ccccc24)-c2c(cc(N(c4ccc(C(C)C)cc4)c4ccc(C(C)C)cc4)c4c2oc2ccccc24)C3(c2ccccc2)c2ccccc2)cc1. The molecule has 0 atom stereocenters. The van der Waals surface area contributed by atoms with Gasteiger partial charge in [-0.1, -0.05) is 201 Å². The van der Waals surface area contributed by atoms with E-state index in [1.807, 2.05) is 0 Å². The first kappa shape index (κ1) is 48.1. The van der Waals surface area contributed by atoms with Crippen LogP contribution in [-0.2, 0) is 5.41 Å². The molecule has 1 aliphatic carbocycles. The van der Waals surface area contributed by atoms with Crippen LogP contribution in [0.15, 0.2) is 227 Å². The number of benzene rings is 10. The summed E-state index contributed by atoms with van der Waals surface area (Å²) in [6, 6.07) is 81.2. The molecule has 12 aromatic rings. The van der Waals surface area contributed by atoms with Gasteiger partial charge < -0.3 is 18.6 Å². The fraction of sp³-hybridized carbons (Fsp3) is 0.178. The molecule has 2 aromatic heterocycles. The fourth-order valence-electron chi connectivity index (χ4n) is 12.4. The van der Waals surface area contributed by atoms with Gasteiger partial charge in [-0.15, -0.1) is 0 Å².